The molecule has 3 rings (SSSR count). The minimum Gasteiger partial charge on any atom is -0.462 e. The fraction of sp³-hybridized carbons (Fsp3) is 0.429. The van der Waals surface area contributed by atoms with E-state index in [1.807, 2.05) is 44.2 Å². The van der Waals surface area contributed by atoms with E-state index in [0.717, 1.165) is 10.4 Å². The number of carbonyl (C=O) groups is 2. The predicted molar refractivity (Wildman–Crippen MR) is 111 cm³/mol. The highest BCUT2D eigenvalue weighted by Gasteiger charge is 2.28. The van der Waals surface area contributed by atoms with Crippen LogP contribution in [0.4, 0.5) is 5.00 Å². The number of nitrogens with zero attached hydrogens (tertiary/aromatic N) is 1. The lowest BCUT2D eigenvalue weighted by atomic mass is 10.1. The highest BCUT2D eigenvalue weighted by atomic mass is 32.1. The molecule has 0 radical (unpaired) electrons. The molecule has 2 unspecified atom stereocenters. The molecule has 2 atom stereocenters. The van der Waals surface area contributed by atoms with Crippen molar-refractivity contribution in [3.8, 4) is 10.4 Å². The molecule has 1 saturated heterocycles. The van der Waals surface area contributed by atoms with Crippen molar-refractivity contribution in [2.75, 3.05) is 31.6 Å². The van der Waals surface area contributed by atoms with Crippen molar-refractivity contribution in [3.05, 3.63) is 42.0 Å². The Labute approximate surface area is 169 Å². The first kappa shape index (κ1) is 20.5. The Morgan fingerprint density at radius 3 is 2.79 bits per heavy atom. The second kappa shape index (κ2) is 9.32. The molecule has 1 N–H and O–H groups in total. The number of rotatable bonds is 6. The van der Waals surface area contributed by atoms with Crippen LogP contribution in [0.1, 0.15) is 31.1 Å². The Balaban J connectivity index is 1.82. The molecule has 0 saturated carbocycles. The molecule has 1 amide bonds. The van der Waals surface area contributed by atoms with E-state index in [4.69, 9.17) is 9.47 Å². The van der Waals surface area contributed by atoms with Gasteiger partial charge >= 0.3 is 5.97 Å². The SMILES string of the molecule is CCOC(=O)c1cc(-c2ccccc2)sc1NC(=O)C(C)N1CCOC(C)C1. The molecule has 150 valence electrons. The van der Waals surface area contributed by atoms with Crippen molar-refractivity contribution >= 4 is 28.2 Å². The normalized spacial score (nSPS) is 18.5. The molecule has 1 aromatic heterocycles. The van der Waals surface area contributed by atoms with E-state index in [1.54, 1.807) is 13.0 Å². The fourth-order valence-corrected chi connectivity index (χ4v) is 4.22. The second-order valence-electron chi connectivity index (χ2n) is 6.78. The third-order valence-corrected chi connectivity index (χ3v) is 5.82. The summed E-state index contributed by atoms with van der Waals surface area (Å²) in [5, 5.41) is 3.47. The highest BCUT2D eigenvalue weighted by Crippen LogP contribution is 2.36. The molecule has 0 aliphatic carbocycles. The van der Waals surface area contributed by atoms with Gasteiger partial charge in [0.1, 0.15) is 5.00 Å². The van der Waals surface area contributed by atoms with E-state index in [2.05, 4.69) is 10.2 Å². The summed E-state index contributed by atoms with van der Waals surface area (Å²) in [5.41, 5.74) is 1.38. The van der Waals surface area contributed by atoms with Crippen molar-refractivity contribution in [2.24, 2.45) is 0 Å². The summed E-state index contributed by atoms with van der Waals surface area (Å²) in [7, 11) is 0. The highest BCUT2D eigenvalue weighted by molar-refractivity contribution is 7.20. The minimum absolute atomic E-state index is 0.102. The number of morpholine rings is 1. The second-order valence-corrected chi connectivity index (χ2v) is 7.83. The van der Waals surface area contributed by atoms with Gasteiger partial charge in [0.2, 0.25) is 5.91 Å². The van der Waals surface area contributed by atoms with Gasteiger partial charge in [0.05, 0.1) is 30.9 Å². The maximum atomic E-state index is 12.9. The Bertz CT molecular complexity index is 821. The largest absolute Gasteiger partial charge is 0.462 e. The molecule has 1 aliphatic heterocycles. The van der Waals surface area contributed by atoms with Crippen molar-refractivity contribution in [2.45, 2.75) is 32.9 Å². The summed E-state index contributed by atoms with van der Waals surface area (Å²) in [6, 6.07) is 11.3. The number of hydrogen-bond acceptors (Lipinski definition) is 6. The third-order valence-electron chi connectivity index (χ3n) is 4.72. The molecule has 1 aromatic carbocycles. The number of amides is 1. The van der Waals surface area contributed by atoms with Crippen molar-refractivity contribution in [1.29, 1.82) is 0 Å². The first-order valence-electron chi connectivity index (χ1n) is 9.52. The van der Waals surface area contributed by atoms with Gasteiger partial charge in [-0.15, -0.1) is 11.3 Å². The smallest absolute Gasteiger partial charge is 0.341 e. The summed E-state index contributed by atoms with van der Waals surface area (Å²) < 4.78 is 10.7. The zero-order chi connectivity index (χ0) is 20.1. The van der Waals surface area contributed by atoms with Gasteiger partial charge in [-0.05, 0) is 32.4 Å². The van der Waals surface area contributed by atoms with Crippen LogP contribution in [0.5, 0.6) is 0 Å². The molecule has 0 bridgehead atoms. The number of hydrogen-bond donors (Lipinski definition) is 1. The first-order chi connectivity index (χ1) is 13.5. The first-order valence-corrected chi connectivity index (χ1v) is 10.3. The lowest BCUT2D eigenvalue weighted by molar-refractivity contribution is -0.123. The van der Waals surface area contributed by atoms with Crippen molar-refractivity contribution in [3.63, 3.8) is 0 Å². The van der Waals surface area contributed by atoms with E-state index in [1.165, 1.54) is 11.3 Å². The summed E-state index contributed by atoms with van der Waals surface area (Å²) in [5.74, 6) is -0.565. The molecule has 28 heavy (non-hydrogen) atoms. The average Bonchev–Trinajstić information content (AvgIpc) is 3.12. The van der Waals surface area contributed by atoms with Gasteiger partial charge in [0.15, 0.2) is 0 Å². The van der Waals surface area contributed by atoms with Crippen LogP contribution in [0.2, 0.25) is 0 Å². The van der Waals surface area contributed by atoms with E-state index in [-0.39, 0.29) is 24.7 Å². The summed E-state index contributed by atoms with van der Waals surface area (Å²) in [6.07, 6.45) is 0.102. The molecular weight excluding hydrogens is 376 g/mol. The van der Waals surface area contributed by atoms with E-state index >= 15 is 0 Å². The average molecular weight is 403 g/mol. The summed E-state index contributed by atoms with van der Waals surface area (Å²) in [4.78, 5) is 28.3. The number of benzene rings is 1. The van der Waals surface area contributed by atoms with Gasteiger partial charge in [-0.1, -0.05) is 30.3 Å². The molecular formula is C21H26N2O4S. The number of esters is 1. The minimum atomic E-state index is -0.427. The lowest BCUT2D eigenvalue weighted by Gasteiger charge is -2.34. The van der Waals surface area contributed by atoms with Gasteiger partial charge in [-0.25, -0.2) is 4.79 Å². The Kier molecular flexibility index (Phi) is 6.83. The number of anilines is 1. The summed E-state index contributed by atoms with van der Waals surface area (Å²) >= 11 is 1.38. The van der Waals surface area contributed by atoms with Crippen LogP contribution in [-0.2, 0) is 14.3 Å². The van der Waals surface area contributed by atoms with Gasteiger partial charge in [0, 0.05) is 18.0 Å². The maximum absolute atomic E-state index is 12.9. The Morgan fingerprint density at radius 2 is 2.11 bits per heavy atom. The van der Waals surface area contributed by atoms with Crippen LogP contribution in [0, 0.1) is 0 Å². The fourth-order valence-electron chi connectivity index (χ4n) is 3.17. The predicted octanol–water partition coefficient (Wildman–Crippen LogP) is 3.64. The number of nitrogens with one attached hydrogen (secondary N) is 1. The Hall–Kier alpha value is -2.22. The molecule has 6 nitrogen and oxygen atoms in total. The van der Waals surface area contributed by atoms with Crippen LogP contribution >= 0.6 is 11.3 Å². The lowest BCUT2D eigenvalue weighted by Crippen LogP contribution is -2.50. The van der Waals surface area contributed by atoms with Gasteiger partial charge in [-0.2, -0.15) is 0 Å². The quantitative estimate of drug-likeness (QED) is 0.747. The van der Waals surface area contributed by atoms with Crippen molar-refractivity contribution in [1.82, 2.24) is 4.90 Å². The molecule has 2 aromatic rings. The zero-order valence-electron chi connectivity index (χ0n) is 16.4. The molecule has 0 spiro atoms. The molecule has 7 heteroatoms. The number of ether oxygens (including phenoxy) is 2. The topological polar surface area (TPSA) is 67.9 Å². The Morgan fingerprint density at radius 1 is 1.36 bits per heavy atom. The van der Waals surface area contributed by atoms with E-state index in [9.17, 15) is 9.59 Å². The van der Waals surface area contributed by atoms with E-state index < -0.39 is 5.97 Å². The van der Waals surface area contributed by atoms with Crippen molar-refractivity contribution < 1.29 is 19.1 Å². The van der Waals surface area contributed by atoms with Crippen LogP contribution in [0.25, 0.3) is 10.4 Å². The van der Waals surface area contributed by atoms with Crippen LogP contribution in [-0.4, -0.2) is 55.2 Å². The van der Waals surface area contributed by atoms with Gasteiger partial charge in [0.25, 0.3) is 0 Å². The van der Waals surface area contributed by atoms with Gasteiger partial charge < -0.3 is 14.8 Å². The summed E-state index contributed by atoms with van der Waals surface area (Å²) in [6.45, 7) is 7.96. The maximum Gasteiger partial charge on any atom is 0.341 e. The van der Waals surface area contributed by atoms with Crippen LogP contribution in [0.3, 0.4) is 0 Å². The van der Waals surface area contributed by atoms with Crippen LogP contribution < -0.4 is 5.32 Å². The zero-order valence-corrected chi connectivity index (χ0v) is 17.3. The number of thiophene rings is 1. The van der Waals surface area contributed by atoms with E-state index in [0.29, 0.717) is 30.3 Å². The van der Waals surface area contributed by atoms with Gasteiger partial charge in [-0.3, -0.25) is 9.69 Å². The third kappa shape index (κ3) is 4.79. The molecule has 2 heterocycles. The molecule has 1 fully saturated rings. The molecule has 1 aliphatic rings. The number of carbonyl (C=O) groups excluding carboxylic acids is 2. The standard InChI is InChI=1S/C21H26N2O4S/c1-4-26-21(25)17-12-18(16-8-6-5-7-9-16)28-20(17)22-19(24)15(3)23-10-11-27-14(2)13-23/h5-9,12,14-15H,4,10-11,13H2,1-3H3,(H,22,24). The monoisotopic (exact) mass is 402 g/mol. The van der Waals surface area contributed by atoms with Crippen LogP contribution in [0.15, 0.2) is 36.4 Å².